The van der Waals surface area contributed by atoms with Gasteiger partial charge in [0.25, 0.3) is 0 Å². The highest BCUT2D eigenvalue weighted by Gasteiger charge is 2.18. The molecule has 0 radical (unpaired) electrons. The molecular formula is C22H29NO2. The van der Waals surface area contributed by atoms with Crippen LogP contribution in [0.25, 0.3) is 0 Å². The van der Waals surface area contributed by atoms with Gasteiger partial charge in [-0.2, -0.15) is 0 Å². The number of hydrogen-bond acceptors (Lipinski definition) is 3. The van der Waals surface area contributed by atoms with Gasteiger partial charge in [-0.25, -0.2) is 0 Å². The first kappa shape index (κ1) is 17.8. The predicted molar refractivity (Wildman–Crippen MR) is 103 cm³/mol. The number of benzene rings is 2. The molecule has 1 fully saturated rings. The minimum Gasteiger partial charge on any atom is -0.496 e. The molecule has 0 amide bonds. The number of para-hydroxylation sites is 2. The van der Waals surface area contributed by atoms with Crippen LogP contribution in [0.1, 0.15) is 24.0 Å². The number of methoxy groups -OCH3 is 1. The second-order valence-corrected chi connectivity index (χ2v) is 7.00. The van der Waals surface area contributed by atoms with Gasteiger partial charge in [0.15, 0.2) is 0 Å². The zero-order chi connectivity index (χ0) is 17.5. The minimum absolute atomic E-state index is 0.640. The minimum atomic E-state index is 0.640. The largest absolute Gasteiger partial charge is 0.496 e. The van der Waals surface area contributed by atoms with E-state index in [2.05, 4.69) is 48.3 Å². The third-order valence-corrected chi connectivity index (χ3v) is 5.03. The molecule has 0 aromatic heterocycles. The third kappa shape index (κ3) is 4.99. The van der Waals surface area contributed by atoms with Crippen LogP contribution in [0.5, 0.6) is 11.5 Å². The van der Waals surface area contributed by atoms with E-state index >= 15 is 0 Å². The molecular weight excluding hydrogens is 310 g/mol. The number of ether oxygens (including phenoxy) is 2. The molecule has 3 heteroatoms. The molecule has 0 N–H and O–H groups in total. The maximum Gasteiger partial charge on any atom is 0.122 e. The van der Waals surface area contributed by atoms with Crippen LogP contribution in [-0.4, -0.2) is 38.8 Å². The standard InChI is InChI=1S/C22H29NO2/c1-23-15-7-8-18(16-23)17-25-22-12-6-4-10-20(22)14-13-19-9-3-5-11-21(19)24-2/h3-6,9-12,18H,7-8,13-17H2,1-2H3/t18-/m1/s1. The lowest BCUT2D eigenvalue weighted by molar-refractivity contribution is 0.150. The van der Waals surface area contributed by atoms with Crippen molar-refractivity contribution in [2.75, 3.05) is 33.9 Å². The van der Waals surface area contributed by atoms with Crippen molar-refractivity contribution in [1.29, 1.82) is 0 Å². The maximum atomic E-state index is 6.21. The van der Waals surface area contributed by atoms with Crippen LogP contribution in [0.15, 0.2) is 48.5 Å². The normalized spacial score (nSPS) is 18.1. The highest BCUT2D eigenvalue weighted by atomic mass is 16.5. The Balaban J connectivity index is 1.60. The number of nitrogens with zero attached hydrogens (tertiary/aromatic N) is 1. The fraction of sp³-hybridized carbons (Fsp3) is 0.455. The van der Waals surface area contributed by atoms with Crippen LogP contribution in [-0.2, 0) is 12.8 Å². The zero-order valence-corrected chi connectivity index (χ0v) is 15.4. The molecule has 0 spiro atoms. The van der Waals surface area contributed by atoms with E-state index in [4.69, 9.17) is 9.47 Å². The van der Waals surface area contributed by atoms with Crippen molar-refractivity contribution in [2.45, 2.75) is 25.7 Å². The van der Waals surface area contributed by atoms with Gasteiger partial charge in [-0.1, -0.05) is 36.4 Å². The van der Waals surface area contributed by atoms with E-state index < -0.39 is 0 Å². The monoisotopic (exact) mass is 339 g/mol. The van der Waals surface area contributed by atoms with Gasteiger partial charge < -0.3 is 14.4 Å². The topological polar surface area (TPSA) is 21.7 Å². The van der Waals surface area contributed by atoms with Gasteiger partial charge in [0.1, 0.15) is 11.5 Å². The van der Waals surface area contributed by atoms with E-state index in [1.165, 1.54) is 30.5 Å². The fourth-order valence-electron chi connectivity index (χ4n) is 3.65. The predicted octanol–water partition coefficient (Wildman–Crippen LogP) is 4.20. The Bertz CT molecular complexity index is 671. The number of piperidine rings is 1. The lowest BCUT2D eigenvalue weighted by Gasteiger charge is -2.29. The molecule has 134 valence electrons. The van der Waals surface area contributed by atoms with E-state index in [0.29, 0.717) is 5.92 Å². The number of hydrogen-bond donors (Lipinski definition) is 0. The number of rotatable bonds is 7. The van der Waals surface area contributed by atoms with Crippen LogP contribution < -0.4 is 9.47 Å². The van der Waals surface area contributed by atoms with Crippen LogP contribution >= 0.6 is 0 Å². The molecule has 0 bridgehead atoms. The lowest BCUT2D eigenvalue weighted by Crippen LogP contribution is -2.34. The molecule has 2 aromatic carbocycles. The third-order valence-electron chi connectivity index (χ3n) is 5.03. The zero-order valence-electron chi connectivity index (χ0n) is 15.4. The number of aryl methyl sites for hydroxylation is 2. The first-order valence-electron chi connectivity index (χ1n) is 9.27. The van der Waals surface area contributed by atoms with E-state index in [1.54, 1.807) is 7.11 Å². The van der Waals surface area contributed by atoms with Gasteiger partial charge in [0, 0.05) is 12.5 Å². The van der Waals surface area contributed by atoms with Crippen molar-refractivity contribution in [3.8, 4) is 11.5 Å². The van der Waals surface area contributed by atoms with Crippen LogP contribution in [0.3, 0.4) is 0 Å². The van der Waals surface area contributed by atoms with Crippen molar-refractivity contribution in [3.63, 3.8) is 0 Å². The van der Waals surface area contributed by atoms with Crippen molar-refractivity contribution in [3.05, 3.63) is 59.7 Å². The maximum absolute atomic E-state index is 6.21. The quantitative estimate of drug-likeness (QED) is 0.754. The summed E-state index contributed by atoms with van der Waals surface area (Å²) in [7, 11) is 3.93. The highest BCUT2D eigenvalue weighted by Crippen LogP contribution is 2.25. The van der Waals surface area contributed by atoms with Gasteiger partial charge in [-0.3, -0.25) is 0 Å². The molecule has 1 saturated heterocycles. The van der Waals surface area contributed by atoms with E-state index in [9.17, 15) is 0 Å². The Morgan fingerprint density at radius 3 is 2.28 bits per heavy atom. The molecule has 25 heavy (non-hydrogen) atoms. The second-order valence-electron chi connectivity index (χ2n) is 7.00. The summed E-state index contributed by atoms with van der Waals surface area (Å²) in [6, 6.07) is 16.7. The lowest BCUT2D eigenvalue weighted by atomic mass is 9.99. The molecule has 2 aromatic rings. The van der Waals surface area contributed by atoms with E-state index in [1.807, 2.05) is 12.1 Å². The SMILES string of the molecule is COc1ccccc1CCc1ccccc1OC[C@@H]1CCCN(C)C1. The molecule has 1 atom stereocenters. The number of likely N-dealkylation sites (tertiary alicyclic amines) is 1. The Labute approximate surface area is 151 Å². The summed E-state index contributed by atoms with van der Waals surface area (Å²) in [4.78, 5) is 2.41. The summed E-state index contributed by atoms with van der Waals surface area (Å²) in [6.07, 6.45) is 4.46. The molecule has 0 unspecified atom stereocenters. The van der Waals surface area contributed by atoms with Crippen LogP contribution in [0.4, 0.5) is 0 Å². The van der Waals surface area contributed by atoms with Crippen molar-refractivity contribution in [1.82, 2.24) is 4.90 Å². The Kier molecular flexibility index (Phi) is 6.35. The first-order valence-corrected chi connectivity index (χ1v) is 9.27. The summed E-state index contributed by atoms with van der Waals surface area (Å²) < 4.78 is 11.7. The van der Waals surface area contributed by atoms with Gasteiger partial charge >= 0.3 is 0 Å². The molecule has 3 nitrogen and oxygen atoms in total. The van der Waals surface area contributed by atoms with Gasteiger partial charge in [0.2, 0.25) is 0 Å². The Morgan fingerprint density at radius 2 is 1.60 bits per heavy atom. The summed E-state index contributed by atoms with van der Waals surface area (Å²) >= 11 is 0. The molecule has 1 heterocycles. The first-order chi connectivity index (χ1) is 12.3. The van der Waals surface area contributed by atoms with Gasteiger partial charge in [-0.15, -0.1) is 0 Å². The van der Waals surface area contributed by atoms with Crippen LogP contribution in [0, 0.1) is 5.92 Å². The second kappa shape index (κ2) is 8.91. The van der Waals surface area contributed by atoms with Crippen LogP contribution in [0.2, 0.25) is 0 Å². The van der Waals surface area contributed by atoms with Crippen molar-refractivity contribution in [2.24, 2.45) is 5.92 Å². The summed E-state index contributed by atoms with van der Waals surface area (Å²) in [5, 5.41) is 0. The van der Waals surface area contributed by atoms with Gasteiger partial charge in [0.05, 0.1) is 13.7 Å². The molecule has 0 saturated carbocycles. The summed E-state index contributed by atoms with van der Waals surface area (Å²) in [5.41, 5.74) is 2.52. The molecule has 1 aliphatic heterocycles. The average molecular weight is 339 g/mol. The fourth-order valence-corrected chi connectivity index (χ4v) is 3.65. The Hall–Kier alpha value is -2.00. The van der Waals surface area contributed by atoms with Gasteiger partial charge in [-0.05, 0) is 62.5 Å². The smallest absolute Gasteiger partial charge is 0.122 e. The summed E-state index contributed by atoms with van der Waals surface area (Å²) in [5.74, 6) is 2.64. The Morgan fingerprint density at radius 1 is 0.960 bits per heavy atom. The van der Waals surface area contributed by atoms with Crippen molar-refractivity contribution < 1.29 is 9.47 Å². The van der Waals surface area contributed by atoms with Crippen molar-refractivity contribution >= 4 is 0 Å². The van der Waals surface area contributed by atoms with E-state index in [-0.39, 0.29) is 0 Å². The molecule has 3 rings (SSSR count). The molecule has 0 aliphatic carbocycles. The van der Waals surface area contributed by atoms with E-state index in [0.717, 1.165) is 37.5 Å². The average Bonchev–Trinajstić information content (AvgIpc) is 2.65. The highest BCUT2D eigenvalue weighted by molar-refractivity contribution is 5.37. The summed E-state index contributed by atoms with van der Waals surface area (Å²) in [6.45, 7) is 3.17. The molecule has 1 aliphatic rings.